The molecule has 3 nitrogen and oxygen atoms in total. The van der Waals surface area contributed by atoms with Crippen LogP contribution in [0.1, 0.15) is 65.2 Å². The summed E-state index contributed by atoms with van der Waals surface area (Å²) < 4.78 is 0. The van der Waals surface area contributed by atoms with Gasteiger partial charge in [-0.2, -0.15) is 0 Å². The topological polar surface area (TPSA) is 57.5 Å². The van der Waals surface area contributed by atoms with E-state index < -0.39 is 5.60 Å². The van der Waals surface area contributed by atoms with Crippen molar-refractivity contribution < 1.29 is 15.0 Å². The van der Waals surface area contributed by atoms with Gasteiger partial charge in [-0.3, -0.25) is 4.79 Å². The van der Waals surface area contributed by atoms with E-state index in [0.717, 1.165) is 38.4 Å². The maximum Gasteiger partial charge on any atom is 0.162 e. The molecule has 0 amide bonds. The number of allylic oxidation sites excluding steroid dienone is 1. The molecule has 0 radical (unpaired) electrons. The summed E-state index contributed by atoms with van der Waals surface area (Å²) in [6.45, 7) is 4.55. The molecule has 25 heavy (non-hydrogen) atoms. The molecule has 4 rings (SSSR count). The maximum atomic E-state index is 12.3. The van der Waals surface area contributed by atoms with Gasteiger partial charge in [0, 0.05) is 17.4 Å². The fourth-order valence-electron chi connectivity index (χ4n) is 7.38. The van der Waals surface area contributed by atoms with Gasteiger partial charge in [0.2, 0.25) is 0 Å². The number of rotatable bonds is 0. The fraction of sp³-hybridized carbons (Fsp3) is 0.773. The second kappa shape index (κ2) is 5.36. The Morgan fingerprint density at radius 2 is 1.88 bits per heavy atom. The van der Waals surface area contributed by atoms with Gasteiger partial charge in [-0.25, -0.2) is 0 Å². The third-order valence-corrected chi connectivity index (χ3v) is 8.97. The number of carbonyl (C=O) groups excluding carboxylic acids is 1. The lowest BCUT2D eigenvalue weighted by atomic mass is 9.44. The Morgan fingerprint density at radius 3 is 2.56 bits per heavy atom. The molecular weight excluding hydrogens is 312 g/mol. The fourth-order valence-corrected chi connectivity index (χ4v) is 7.38. The molecule has 0 spiro atoms. The second-order valence-corrected chi connectivity index (χ2v) is 9.61. The average Bonchev–Trinajstić information content (AvgIpc) is 2.87. The Labute approximate surface area is 150 Å². The van der Waals surface area contributed by atoms with E-state index in [-0.39, 0.29) is 16.6 Å². The molecule has 7 atom stereocenters. The Morgan fingerprint density at radius 1 is 1.16 bits per heavy atom. The summed E-state index contributed by atoms with van der Waals surface area (Å²) in [5.41, 5.74) is -0.436. The van der Waals surface area contributed by atoms with Crippen LogP contribution in [-0.4, -0.2) is 21.6 Å². The van der Waals surface area contributed by atoms with Crippen LogP contribution in [0.25, 0.3) is 0 Å². The van der Waals surface area contributed by atoms with Crippen molar-refractivity contribution in [3.63, 3.8) is 0 Å². The molecule has 136 valence electrons. The number of aliphatic hydroxyl groups is 2. The molecule has 0 heterocycles. The number of fused-ring (bicyclic) bond motifs is 5. The summed E-state index contributed by atoms with van der Waals surface area (Å²) in [6, 6.07) is 0. The van der Waals surface area contributed by atoms with Crippen LogP contribution in [0.4, 0.5) is 0 Å². The standard InChI is InChI=1S/C22H30O3/c1-4-22(25)10-8-18-16-6-5-15-11-19(24)14(13-23)12-20(15,2)17(16)7-9-21(18,22)3/h1,13,15-18,23,25H,5-12H2,2-3H3/b14-13-/t15-,16+,17-,18-,20-,21-,22-/m0/s1. The van der Waals surface area contributed by atoms with Gasteiger partial charge in [0.25, 0.3) is 0 Å². The third kappa shape index (κ3) is 2.07. The third-order valence-electron chi connectivity index (χ3n) is 8.97. The van der Waals surface area contributed by atoms with Crippen molar-refractivity contribution in [2.24, 2.45) is 34.5 Å². The number of aliphatic hydroxyl groups excluding tert-OH is 1. The maximum absolute atomic E-state index is 12.3. The highest BCUT2D eigenvalue weighted by Gasteiger charge is 2.64. The number of hydrogen-bond donors (Lipinski definition) is 2. The summed E-state index contributed by atoms with van der Waals surface area (Å²) in [5.74, 6) is 4.91. The molecule has 0 aromatic carbocycles. The molecule has 4 saturated carbocycles. The van der Waals surface area contributed by atoms with Gasteiger partial charge in [-0.1, -0.05) is 19.8 Å². The molecule has 0 aromatic rings. The van der Waals surface area contributed by atoms with Gasteiger partial charge in [0.15, 0.2) is 5.78 Å². The first-order chi connectivity index (χ1) is 11.8. The molecule has 0 bridgehead atoms. The Kier molecular flexibility index (Phi) is 3.68. The summed E-state index contributed by atoms with van der Waals surface area (Å²) in [6.07, 6.45) is 14.1. The summed E-state index contributed by atoms with van der Waals surface area (Å²) >= 11 is 0. The highest BCUT2D eigenvalue weighted by molar-refractivity contribution is 5.96. The van der Waals surface area contributed by atoms with Crippen LogP contribution in [0.3, 0.4) is 0 Å². The van der Waals surface area contributed by atoms with E-state index in [1.165, 1.54) is 0 Å². The summed E-state index contributed by atoms with van der Waals surface area (Å²) in [4.78, 5) is 12.3. The second-order valence-electron chi connectivity index (χ2n) is 9.61. The van der Waals surface area contributed by atoms with Gasteiger partial charge in [-0.15, -0.1) is 6.42 Å². The molecule has 0 aliphatic heterocycles. The van der Waals surface area contributed by atoms with Crippen LogP contribution < -0.4 is 0 Å². The van der Waals surface area contributed by atoms with Crippen molar-refractivity contribution in [3.8, 4) is 12.3 Å². The lowest BCUT2D eigenvalue weighted by Gasteiger charge is -2.60. The number of Topliss-reactive ketones (excluding diaryl/α,β-unsaturated/α-hetero) is 1. The Bertz CT molecular complexity index is 673. The normalized spacial score (nSPS) is 53.7. The molecular formula is C22H30O3. The zero-order valence-corrected chi connectivity index (χ0v) is 15.4. The van der Waals surface area contributed by atoms with Gasteiger partial charge >= 0.3 is 0 Å². The molecule has 0 saturated heterocycles. The van der Waals surface area contributed by atoms with Crippen molar-refractivity contribution in [2.45, 2.75) is 70.8 Å². The molecule has 3 heteroatoms. The molecule has 0 unspecified atom stereocenters. The first-order valence-corrected chi connectivity index (χ1v) is 9.85. The van der Waals surface area contributed by atoms with Gasteiger partial charge in [0.1, 0.15) is 5.60 Å². The lowest BCUT2D eigenvalue weighted by Crippen LogP contribution is -2.56. The van der Waals surface area contributed by atoms with Crippen LogP contribution in [0, 0.1) is 46.8 Å². The summed E-state index contributed by atoms with van der Waals surface area (Å²) in [7, 11) is 0. The Balaban J connectivity index is 1.68. The molecule has 4 aliphatic rings. The van der Waals surface area contributed by atoms with Crippen LogP contribution in [-0.2, 0) is 4.79 Å². The van der Waals surface area contributed by atoms with Crippen LogP contribution in [0.15, 0.2) is 11.8 Å². The van der Waals surface area contributed by atoms with Crippen LogP contribution >= 0.6 is 0 Å². The van der Waals surface area contributed by atoms with E-state index in [1.807, 2.05) is 0 Å². The minimum absolute atomic E-state index is 0.0869. The lowest BCUT2D eigenvalue weighted by molar-refractivity contribution is -0.140. The number of ketones is 1. The molecule has 2 N–H and O–H groups in total. The largest absolute Gasteiger partial charge is 0.515 e. The number of terminal acetylenes is 1. The number of hydrogen-bond acceptors (Lipinski definition) is 3. The van der Waals surface area contributed by atoms with Crippen molar-refractivity contribution in [1.82, 2.24) is 0 Å². The van der Waals surface area contributed by atoms with Crippen molar-refractivity contribution >= 4 is 5.78 Å². The molecule has 0 aromatic heterocycles. The highest BCUT2D eigenvalue weighted by atomic mass is 16.3. The quantitative estimate of drug-likeness (QED) is 0.397. The van der Waals surface area contributed by atoms with Crippen LogP contribution in [0.5, 0.6) is 0 Å². The minimum atomic E-state index is -0.959. The van der Waals surface area contributed by atoms with E-state index >= 15 is 0 Å². The van der Waals surface area contributed by atoms with Gasteiger partial charge in [-0.05, 0) is 74.0 Å². The zero-order valence-electron chi connectivity index (χ0n) is 15.4. The van der Waals surface area contributed by atoms with E-state index in [2.05, 4.69) is 19.8 Å². The Hall–Kier alpha value is -1.27. The monoisotopic (exact) mass is 342 g/mol. The smallest absolute Gasteiger partial charge is 0.162 e. The molecule has 4 aliphatic carbocycles. The molecule has 4 fully saturated rings. The minimum Gasteiger partial charge on any atom is -0.515 e. The first kappa shape index (κ1) is 17.2. The SMILES string of the molecule is C#C[C@]1(O)CC[C@H]2[C@@H]3CC[C@H]4CC(=O)/C(=C\O)C[C@]4(C)[C@H]3CC[C@@]21C. The van der Waals surface area contributed by atoms with E-state index in [4.69, 9.17) is 6.42 Å². The van der Waals surface area contributed by atoms with E-state index in [0.29, 0.717) is 48.5 Å². The predicted octanol–water partition coefficient (Wildman–Crippen LogP) is 4.01. The summed E-state index contributed by atoms with van der Waals surface area (Å²) in [5, 5.41) is 20.5. The number of carbonyl (C=O) groups is 1. The van der Waals surface area contributed by atoms with Crippen molar-refractivity contribution in [1.29, 1.82) is 0 Å². The predicted molar refractivity (Wildman–Crippen MR) is 96.6 cm³/mol. The van der Waals surface area contributed by atoms with Crippen molar-refractivity contribution in [3.05, 3.63) is 11.8 Å². The zero-order chi connectivity index (χ0) is 18.0. The van der Waals surface area contributed by atoms with Gasteiger partial charge in [0.05, 0.1) is 6.26 Å². The first-order valence-electron chi connectivity index (χ1n) is 9.85. The van der Waals surface area contributed by atoms with E-state index in [1.54, 1.807) is 0 Å². The van der Waals surface area contributed by atoms with Crippen molar-refractivity contribution in [2.75, 3.05) is 0 Å². The highest BCUT2D eigenvalue weighted by Crippen LogP contribution is 2.68. The average molecular weight is 342 g/mol. The van der Waals surface area contributed by atoms with E-state index in [9.17, 15) is 15.0 Å². The van der Waals surface area contributed by atoms with Gasteiger partial charge < -0.3 is 10.2 Å². The van der Waals surface area contributed by atoms with Crippen LogP contribution in [0.2, 0.25) is 0 Å².